The fourth-order valence-corrected chi connectivity index (χ4v) is 3.64. The lowest BCUT2D eigenvalue weighted by atomic mass is 9.82. The summed E-state index contributed by atoms with van der Waals surface area (Å²) in [5.41, 5.74) is 0. The fourth-order valence-electron chi connectivity index (χ4n) is 3.64. The topological polar surface area (TPSA) is 0 Å². The summed E-state index contributed by atoms with van der Waals surface area (Å²) in [6.07, 6.45) is 7.17. The highest BCUT2D eigenvalue weighted by Crippen LogP contribution is 2.46. The summed E-state index contributed by atoms with van der Waals surface area (Å²) in [5.74, 6) is 4.11. The van der Waals surface area contributed by atoms with Crippen LogP contribution in [0.1, 0.15) is 59.8 Å². The molecule has 1 rings (SSSR count). The van der Waals surface area contributed by atoms with Gasteiger partial charge in [-0.25, -0.2) is 0 Å². The second-order valence-corrected chi connectivity index (χ2v) is 4.91. The molecule has 13 heavy (non-hydrogen) atoms. The van der Waals surface area contributed by atoms with Gasteiger partial charge in [0.15, 0.2) is 0 Å². The maximum Gasteiger partial charge on any atom is -0.0357 e. The van der Waals surface area contributed by atoms with Crippen molar-refractivity contribution < 1.29 is 0 Å². The van der Waals surface area contributed by atoms with E-state index in [4.69, 9.17) is 0 Å². The molecule has 0 bridgehead atoms. The zero-order chi connectivity index (χ0) is 9.84. The van der Waals surface area contributed by atoms with Crippen molar-refractivity contribution in [2.24, 2.45) is 23.7 Å². The maximum absolute atomic E-state index is 2.46. The zero-order valence-electron chi connectivity index (χ0n) is 9.84. The molecule has 78 valence electrons. The van der Waals surface area contributed by atoms with Crippen LogP contribution in [0.4, 0.5) is 0 Å². The van der Waals surface area contributed by atoms with E-state index >= 15 is 0 Å². The van der Waals surface area contributed by atoms with Crippen LogP contribution in [-0.2, 0) is 0 Å². The van der Waals surface area contributed by atoms with Crippen molar-refractivity contribution in [3.63, 3.8) is 0 Å². The van der Waals surface area contributed by atoms with Crippen LogP contribution in [0, 0.1) is 23.7 Å². The Morgan fingerprint density at radius 2 is 1.62 bits per heavy atom. The van der Waals surface area contributed by atoms with Gasteiger partial charge in [0.2, 0.25) is 0 Å². The van der Waals surface area contributed by atoms with Gasteiger partial charge in [-0.3, -0.25) is 0 Å². The van der Waals surface area contributed by atoms with E-state index in [1.807, 2.05) is 0 Å². The van der Waals surface area contributed by atoms with Gasteiger partial charge in [0.1, 0.15) is 0 Å². The summed E-state index contributed by atoms with van der Waals surface area (Å²) in [6.45, 7) is 9.55. The Bertz CT molecular complexity index is 139. The molecule has 1 aliphatic carbocycles. The third-order valence-corrected chi connectivity index (χ3v) is 4.16. The van der Waals surface area contributed by atoms with E-state index in [0.717, 1.165) is 23.7 Å². The van der Waals surface area contributed by atoms with Crippen molar-refractivity contribution in [3.8, 4) is 0 Å². The van der Waals surface area contributed by atoms with E-state index in [0.29, 0.717) is 0 Å². The molecule has 0 saturated heterocycles. The Kier molecular flexibility index (Phi) is 4.28. The highest BCUT2D eigenvalue weighted by molar-refractivity contribution is 4.87. The predicted molar refractivity (Wildman–Crippen MR) is 59.7 cm³/mol. The van der Waals surface area contributed by atoms with E-state index < -0.39 is 0 Å². The van der Waals surface area contributed by atoms with Gasteiger partial charge in [-0.05, 0) is 30.1 Å². The molecular weight excluding hydrogens is 156 g/mol. The molecule has 0 radical (unpaired) electrons. The minimum atomic E-state index is 0.992. The molecule has 1 aliphatic rings. The van der Waals surface area contributed by atoms with Gasteiger partial charge in [0.25, 0.3) is 0 Å². The van der Waals surface area contributed by atoms with Crippen molar-refractivity contribution in [1.29, 1.82) is 0 Å². The second-order valence-electron chi connectivity index (χ2n) is 4.91. The van der Waals surface area contributed by atoms with Gasteiger partial charge in [-0.1, -0.05) is 53.4 Å². The van der Waals surface area contributed by atoms with Crippen molar-refractivity contribution in [2.45, 2.75) is 59.8 Å². The average molecular weight is 182 g/mol. The Morgan fingerprint density at radius 1 is 1.00 bits per heavy atom. The molecule has 1 saturated carbocycles. The van der Waals surface area contributed by atoms with Gasteiger partial charge < -0.3 is 0 Å². The summed E-state index contributed by atoms with van der Waals surface area (Å²) >= 11 is 0. The normalized spacial score (nSPS) is 39.7. The van der Waals surface area contributed by atoms with Crippen LogP contribution in [0.3, 0.4) is 0 Å². The van der Waals surface area contributed by atoms with Crippen LogP contribution in [0.15, 0.2) is 0 Å². The van der Waals surface area contributed by atoms with E-state index in [2.05, 4.69) is 27.7 Å². The van der Waals surface area contributed by atoms with Crippen molar-refractivity contribution in [3.05, 3.63) is 0 Å². The van der Waals surface area contributed by atoms with Gasteiger partial charge >= 0.3 is 0 Å². The van der Waals surface area contributed by atoms with E-state index in [9.17, 15) is 0 Å². The van der Waals surface area contributed by atoms with Crippen LogP contribution in [-0.4, -0.2) is 0 Å². The van der Waals surface area contributed by atoms with Gasteiger partial charge in [0.05, 0.1) is 0 Å². The third-order valence-electron chi connectivity index (χ3n) is 4.16. The van der Waals surface area contributed by atoms with Crippen molar-refractivity contribution in [2.75, 3.05) is 0 Å². The summed E-state index contributed by atoms with van der Waals surface area (Å²) in [6, 6.07) is 0. The predicted octanol–water partition coefficient (Wildman–Crippen LogP) is 4.49. The molecular formula is C13H26. The highest BCUT2D eigenvalue weighted by Gasteiger charge is 2.37. The molecule has 0 spiro atoms. The summed E-state index contributed by atoms with van der Waals surface area (Å²) in [4.78, 5) is 0. The fraction of sp³-hybridized carbons (Fsp3) is 1.00. The Morgan fingerprint density at radius 3 is 2.08 bits per heavy atom. The molecule has 0 aromatic rings. The standard InChI is InChI=1S/C13H26/c1-5-8-11-9-10(4)12(6-2)13(11)7-3/h10-13H,5-9H2,1-4H3. The first kappa shape index (κ1) is 11.1. The number of rotatable bonds is 4. The minimum Gasteiger partial charge on any atom is -0.0654 e. The molecule has 0 nitrogen and oxygen atoms in total. The molecule has 1 fully saturated rings. The van der Waals surface area contributed by atoms with Crippen LogP contribution in [0.25, 0.3) is 0 Å². The van der Waals surface area contributed by atoms with Crippen LogP contribution in [0.2, 0.25) is 0 Å². The molecule has 0 aromatic carbocycles. The Labute approximate surface area is 84.1 Å². The lowest BCUT2D eigenvalue weighted by Crippen LogP contribution is -2.15. The third kappa shape index (κ3) is 2.27. The van der Waals surface area contributed by atoms with E-state index in [1.54, 1.807) is 0 Å². The Balaban J connectivity index is 2.57. The molecule has 4 atom stereocenters. The maximum atomic E-state index is 2.46. The largest absolute Gasteiger partial charge is 0.0654 e. The minimum absolute atomic E-state index is 0.992. The first-order valence-electron chi connectivity index (χ1n) is 6.24. The quantitative estimate of drug-likeness (QED) is 0.600. The molecule has 0 aliphatic heterocycles. The molecule has 4 unspecified atom stereocenters. The SMILES string of the molecule is CCCC1CC(C)C(CC)C1CC. The first-order valence-corrected chi connectivity index (χ1v) is 6.24. The molecule has 0 aromatic heterocycles. The lowest BCUT2D eigenvalue weighted by Gasteiger charge is -2.23. The average Bonchev–Trinajstić information content (AvgIpc) is 2.41. The van der Waals surface area contributed by atoms with E-state index in [1.165, 1.54) is 32.1 Å². The van der Waals surface area contributed by atoms with Crippen LogP contribution < -0.4 is 0 Å². The Hall–Kier alpha value is 0. The van der Waals surface area contributed by atoms with E-state index in [-0.39, 0.29) is 0 Å². The van der Waals surface area contributed by atoms with Crippen molar-refractivity contribution >= 4 is 0 Å². The number of hydrogen-bond donors (Lipinski definition) is 0. The summed E-state index contributed by atoms with van der Waals surface area (Å²) in [7, 11) is 0. The zero-order valence-corrected chi connectivity index (χ0v) is 9.84. The van der Waals surface area contributed by atoms with Gasteiger partial charge in [-0.15, -0.1) is 0 Å². The highest BCUT2D eigenvalue weighted by atomic mass is 14.4. The molecule has 0 heteroatoms. The van der Waals surface area contributed by atoms with Crippen LogP contribution >= 0.6 is 0 Å². The second kappa shape index (κ2) is 5.02. The number of hydrogen-bond acceptors (Lipinski definition) is 0. The summed E-state index contributed by atoms with van der Waals surface area (Å²) < 4.78 is 0. The summed E-state index contributed by atoms with van der Waals surface area (Å²) in [5, 5.41) is 0. The van der Waals surface area contributed by atoms with Crippen LogP contribution in [0.5, 0.6) is 0 Å². The lowest BCUT2D eigenvalue weighted by molar-refractivity contribution is 0.265. The molecule has 0 heterocycles. The smallest absolute Gasteiger partial charge is 0.0357 e. The van der Waals surface area contributed by atoms with Gasteiger partial charge in [-0.2, -0.15) is 0 Å². The molecule has 0 N–H and O–H groups in total. The first-order chi connectivity index (χ1) is 6.24. The molecule has 0 amide bonds. The van der Waals surface area contributed by atoms with Gasteiger partial charge in [0, 0.05) is 0 Å². The van der Waals surface area contributed by atoms with Crippen molar-refractivity contribution in [1.82, 2.24) is 0 Å². The monoisotopic (exact) mass is 182 g/mol.